The predicted molar refractivity (Wildman–Crippen MR) is 75.4 cm³/mol. The van der Waals surface area contributed by atoms with Crippen LogP contribution in [0.4, 0.5) is 0 Å². The van der Waals surface area contributed by atoms with Gasteiger partial charge < -0.3 is 5.73 Å². The van der Waals surface area contributed by atoms with Crippen LogP contribution in [0.1, 0.15) is 31.6 Å². The predicted octanol–water partition coefficient (Wildman–Crippen LogP) is 2.74. The van der Waals surface area contributed by atoms with Gasteiger partial charge in [-0.05, 0) is 43.6 Å². The van der Waals surface area contributed by atoms with Gasteiger partial charge in [-0.1, -0.05) is 13.0 Å². The maximum atomic E-state index is 6.20. The van der Waals surface area contributed by atoms with Crippen molar-refractivity contribution in [3.63, 3.8) is 0 Å². The molecular formula is C14H24N2S. The average Bonchev–Trinajstić information content (AvgIpc) is 2.80. The standard InChI is InChI=1S/C14H24N2S/c1-3-11(2)16-9-12(7-13(15)10-16)8-14-5-4-6-17-14/h4-6,11-13H,3,7-10,15H2,1-2H3. The highest BCUT2D eigenvalue weighted by Gasteiger charge is 2.27. The Balaban J connectivity index is 1.94. The summed E-state index contributed by atoms with van der Waals surface area (Å²) in [6.45, 7) is 6.88. The zero-order valence-electron chi connectivity index (χ0n) is 10.9. The molecule has 0 radical (unpaired) electrons. The molecule has 96 valence electrons. The van der Waals surface area contributed by atoms with Gasteiger partial charge in [-0.3, -0.25) is 4.90 Å². The van der Waals surface area contributed by atoms with Crippen LogP contribution in [0.25, 0.3) is 0 Å². The smallest absolute Gasteiger partial charge is 0.0171 e. The van der Waals surface area contributed by atoms with Crippen molar-refractivity contribution in [2.24, 2.45) is 11.7 Å². The second-order valence-electron chi connectivity index (χ2n) is 5.36. The molecule has 1 saturated heterocycles. The van der Waals surface area contributed by atoms with Crippen molar-refractivity contribution >= 4 is 11.3 Å². The first kappa shape index (κ1) is 13.1. The molecule has 1 aliphatic heterocycles. The summed E-state index contributed by atoms with van der Waals surface area (Å²) in [5.74, 6) is 0.742. The fourth-order valence-electron chi connectivity index (χ4n) is 2.76. The Labute approximate surface area is 109 Å². The minimum atomic E-state index is 0.364. The average molecular weight is 252 g/mol. The lowest BCUT2D eigenvalue weighted by Crippen LogP contribution is -2.50. The molecule has 2 heterocycles. The molecule has 0 spiro atoms. The zero-order chi connectivity index (χ0) is 12.3. The number of nitrogens with zero attached hydrogens (tertiary/aromatic N) is 1. The van der Waals surface area contributed by atoms with Crippen molar-refractivity contribution in [3.05, 3.63) is 22.4 Å². The maximum Gasteiger partial charge on any atom is 0.0171 e. The second-order valence-corrected chi connectivity index (χ2v) is 6.39. The Bertz CT molecular complexity index is 323. The minimum absolute atomic E-state index is 0.364. The monoisotopic (exact) mass is 252 g/mol. The number of rotatable bonds is 4. The van der Waals surface area contributed by atoms with Crippen molar-refractivity contribution in [2.45, 2.75) is 45.2 Å². The van der Waals surface area contributed by atoms with Gasteiger partial charge in [-0.2, -0.15) is 0 Å². The largest absolute Gasteiger partial charge is 0.327 e. The summed E-state index contributed by atoms with van der Waals surface area (Å²) in [4.78, 5) is 4.08. The molecule has 0 amide bonds. The van der Waals surface area contributed by atoms with Gasteiger partial charge in [0.15, 0.2) is 0 Å². The Kier molecular flexibility index (Phi) is 4.60. The van der Waals surface area contributed by atoms with E-state index in [9.17, 15) is 0 Å². The number of piperidine rings is 1. The van der Waals surface area contributed by atoms with Crippen LogP contribution < -0.4 is 5.73 Å². The van der Waals surface area contributed by atoms with Gasteiger partial charge in [0.2, 0.25) is 0 Å². The summed E-state index contributed by atoms with van der Waals surface area (Å²) in [5, 5.41) is 2.17. The Morgan fingerprint density at radius 3 is 3.00 bits per heavy atom. The van der Waals surface area contributed by atoms with Crippen molar-refractivity contribution in [1.29, 1.82) is 0 Å². The molecule has 3 heteroatoms. The maximum absolute atomic E-state index is 6.20. The molecule has 2 N–H and O–H groups in total. The molecule has 1 aromatic rings. The van der Waals surface area contributed by atoms with Crippen molar-refractivity contribution in [3.8, 4) is 0 Å². The highest BCUT2D eigenvalue weighted by atomic mass is 32.1. The second kappa shape index (κ2) is 5.98. The van der Waals surface area contributed by atoms with Gasteiger partial charge in [0.1, 0.15) is 0 Å². The van der Waals surface area contributed by atoms with E-state index in [2.05, 4.69) is 36.3 Å². The molecule has 1 aliphatic rings. The van der Waals surface area contributed by atoms with Crippen LogP contribution in [0.3, 0.4) is 0 Å². The van der Waals surface area contributed by atoms with Crippen LogP contribution in [0.15, 0.2) is 17.5 Å². The first-order valence-electron chi connectivity index (χ1n) is 6.71. The summed E-state index contributed by atoms with van der Waals surface area (Å²) in [7, 11) is 0. The molecule has 0 aliphatic carbocycles. The van der Waals surface area contributed by atoms with E-state index in [0.29, 0.717) is 12.1 Å². The van der Waals surface area contributed by atoms with Gasteiger partial charge in [-0.25, -0.2) is 0 Å². The molecule has 2 rings (SSSR count). The van der Waals surface area contributed by atoms with E-state index in [4.69, 9.17) is 5.73 Å². The zero-order valence-corrected chi connectivity index (χ0v) is 11.7. The molecule has 0 saturated carbocycles. The van der Waals surface area contributed by atoms with Crippen LogP contribution in [0.5, 0.6) is 0 Å². The first-order valence-corrected chi connectivity index (χ1v) is 7.59. The van der Waals surface area contributed by atoms with Crippen molar-refractivity contribution < 1.29 is 0 Å². The Morgan fingerprint density at radius 1 is 1.53 bits per heavy atom. The number of nitrogens with two attached hydrogens (primary N) is 1. The number of likely N-dealkylation sites (tertiary alicyclic amines) is 1. The lowest BCUT2D eigenvalue weighted by Gasteiger charge is -2.39. The lowest BCUT2D eigenvalue weighted by atomic mass is 9.90. The van der Waals surface area contributed by atoms with E-state index < -0.39 is 0 Å². The number of hydrogen-bond donors (Lipinski definition) is 1. The summed E-state index contributed by atoms with van der Waals surface area (Å²) < 4.78 is 0. The third-order valence-corrected chi connectivity index (χ3v) is 4.78. The fourth-order valence-corrected chi connectivity index (χ4v) is 3.58. The fraction of sp³-hybridized carbons (Fsp3) is 0.714. The molecule has 3 unspecified atom stereocenters. The normalized spacial score (nSPS) is 28.2. The molecule has 2 nitrogen and oxygen atoms in total. The number of thiophene rings is 1. The van der Waals surface area contributed by atoms with E-state index >= 15 is 0 Å². The van der Waals surface area contributed by atoms with Gasteiger partial charge >= 0.3 is 0 Å². The van der Waals surface area contributed by atoms with Gasteiger partial charge in [0.05, 0.1) is 0 Å². The minimum Gasteiger partial charge on any atom is -0.327 e. The van der Waals surface area contributed by atoms with Crippen LogP contribution >= 0.6 is 11.3 Å². The van der Waals surface area contributed by atoms with Crippen molar-refractivity contribution in [2.75, 3.05) is 13.1 Å². The van der Waals surface area contributed by atoms with E-state index in [0.717, 1.165) is 12.5 Å². The van der Waals surface area contributed by atoms with E-state index in [-0.39, 0.29) is 0 Å². The van der Waals surface area contributed by atoms with Crippen LogP contribution in [0, 0.1) is 5.92 Å². The molecular weight excluding hydrogens is 228 g/mol. The van der Waals surface area contributed by atoms with Gasteiger partial charge in [0.25, 0.3) is 0 Å². The third-order valence-electron chi connectivity index (χ3n) is 3.88. The molecule has 0 bridgehead atoms. The summed E-state index contributed by atoms with van der Waals surface area (Å²) >= 11 is 1.87. The highest BCUT2D eigenvalue weighted by Crippen LogP contribution is 2.24. The van der Waals surface area contributed by atoms with E-state index in [1.54, 1.807) is 0 Å². The third kappa shape index (κ3) is 3.54. The Hall–Kier alpha value is -0.380. The van der Waals surface area contributed by atoms with Crippen LogP contribution in [0.2, 0.25) is 0 Å². The quantitative estimate of drug-likeness (QED) is 0.893. The van der Waals surface area contributed by atoms with Gasteiger partial charge in [0, 0.05) is 30.1 Å². The van der Waals surface area contributed by atoms with Crippen LogP contribution in [-0.4, -0.2) is 30.1 Å². The van der Waals surface area contributed by atoms with Crippen molar-refractivity contribution in [1.82, 2.24) is 4.90 Å². The lowest BCUT2D eigenvalue weighted by molar-refractivity contribution is 0.114. The molecule has 17 heavy (non-hydrogen) atoms. The SMILES string of the molecule is CCC(C)N1CC(N)CC(Cc2cccs2)C1. The molecule has 0 aromatic carbocycles. The van der Waals surface area contributed by atoms with Gasteiger partial charge in [-0.15, -0.1) is 11.3 Å². The molecule has 3 atom stereocenters. The topological polar surface area (TPSA) is 29.3 Å². The number of hydrogen-bond acceptors (Lipinski definition) is 3. The summed E-state index contributed by atoms with van der Waals surface area (Å²) in [6, 6.07) is 5.43. The molecule has 1 fully saturated rings. The van der Waals surface area contributed by atoms with E-state index in [1.165, 1.54) is 30.7 Å². The Morgan fingerprint density at radius 2 is 2.35 bits per heavy atom. The van der Waals surface area contributed by atoms with Crippen LogP contribution in [-0.2, 0) is 6.42 Å². The highest BCUT2D eigenvalue weighted by molar-refractivity contribution is 7.09. The van der Waals surface area contributed by atoms with E-state index in [1.807, 2.05) is 11.3 Å². The first-order chi connectivity index (χ1) is 8.19. The summed E-state index contributed by atoms with van der Waals surface area (Å²) in [6.07, 6.45) is 3.61. The summed E-state index contributed by atoms with van der Waals surface area (Å²) in [5.41, 5.74) is 6.20. The molecule has 1 aromatic heterocycles.